The van der Waals surface area contributed by atoms with E-state index in [1.807, 2.05) is 30.3 Å². The van der Waals surface area contributed by atoms with Gasteiger partial charge >= 0.3 is 5.97 Å². The number of furan rings is 1. The molecule has 1 aliphatic rings. The molecule has 122 valence electrons. The van der Waals surface area contributed by atoms with Crippen LogP contribution in [0, 0.1) is 0 Å². The smallest absolute Gasteiger partial charge is 0.323 e. The molecule has 0 saturated carbocycles. The van der Waals surface area contributed by atoms with Gasteiger partial charge in [0.2, 0.25) is 0 Å². The van der Waals surface area contributed by atoms with Gasteiger partial charge in [0.25, 0.3) is 5.91 Å². The molecule has 0 spiro atoms. The highest BCUT2D eigenvalue weighted by Gasteiger charge is 2.33. The lowest BCUT2D eigenvalue weighted by atomic mass is 10.2. The zero-order valence-electron chi connectivity index (χ0n) is 12.1. The highest BCUT2D eigenvalue weighted by atomic mass is 79.9. The lowest BCUT2D eigenvalue weighted by Gasteiger charge is -2.09. The number of hydrogen-bond donors (Lipinski definition) is 1. The van der Waals surface area contributed by atoms with E-state index in [9.17, 15) is 9.59 Å². The molecule has 0 aliphatic carbocycles. The minimum Gasteiger partial charge on any atom is -0.480 e. The zero-order chi connectivity index (χ0) is 17.3. The van der Waals surface area contributed by atoms with Gasteiger partial charge in [0, 0.05) is 16.1 Å². The van der Waals surface area contributed by atoms with Gasteiger partial charge in [-0.15, -0.1) is 0 Å². The predicted octanol–water partition coefficient (Wildman–Crippen LogP) is 3.99. The number of rotatable bonds is 4. The Bertz CT molecular complexity index is 874. The second-order valence-electron chi connectivity index (χ2n) is 4.84. The summed E-state index contributed by atoms with van der Waals surface area (Å²) in [5.74, 6) is -0.376. The topological polar surface area (TPSA) is 70.8 Å². The van der Waals surface area contributed by atoms with E-state index < -0.39 is 18.4 Å². The standard InChI is InChI=1S/C16H10BrNO4S2/c17-11-4-2-1-3-10(11)12-6-5-9(22-12)7-13-15(21)18(8-14(19)20)16(23)24-13/h1-7H,8H2,(H,19,20)/b13-7+. The fourth-order valence-electron chi connectivity index (χ4n) is 2.14. The van der Waals surface area contributed by atoms with Crippen molar-refractivity contribution < 1.29 is 19.1 Å². The summed E-state index contributed by atoms with van der Waals surface area (Å²) in [4.78, 5) is 24.4. The highest BCUT2D eigenvalue weighted by Crippen LogP contribution is 2.34. The number of carbonyl (C=O) groups is 2. The number of halogens is 1. The van der Waals surface area contributed by atoms with Crippen molar-refractivity contribution in [2.45, 2.75) is 0 Å². The van der Waals surface area contributed by atoms with E-state index in [2.05, 4.69) is 15.9 Å². The van der Waals surface area contributed by atoms with Crippen LogP contribution in [-0.4, -0.2) is 32.7 Å². The van der Waals surface area contributed by atoms with Crippen LogP contribution in [0.25, 0.3) is 17.4 Å². The van der Waals surface area contributed by atoms with Crippen molar-refractivity contribution in [3.8, 4) is 11.3 Å². The molecule has 0 unspecified atom stereocenters. The predicted molar refractivity (Wildman–Crippen MR) is 99.4 cm³/mol. The van der Waals surface area contributed by atoms with Crippen LogP contribution in [-0.2, 0) is 9.59 Å². The van der Waals surface area contributed by atoms with Crippen LogP contribution < -0.4 is 0 Å². The highest BCUT2D eigenvalue weighted by molar-refractivity contribution is 9.10. The maximum absolute atomic E-state index is 12.2. The normalized spacial score (nSPS) is 16.2. The van der Waals surface area contributed by atoms with Gasteiger partial charge in [0.1, 0.15) is 22.4 Å². The number of thiocarbonyl (C=S) groups is 1. The molecule has 1 aromatic carbocycles. The van der Waals surface area contributed by atoms with Gasteiger partial charge in [0.05, 0.1) is 4.91 Å². The molecule has 2 aromatic rings. The molecule has 3 rings (SSSR count). The Hall–Kier alpha value is -1.90. The molecule has 1 fully saturated rings. The maximum atomic E-state index is 12.2. The zero-order valence-corrected chi connectivity index (χ0v) is 15.3. The largest absolute Gasteiger partial charge is 0.480 e. The molecule has 0 atom stereocenters. The first kappa shape index (κ1) is 16.9. The van der Waals surface area contributed by atoms with E-state index in [-0.39, 0.29) is 4.32 Å². The lowest BCUT2D eigenvalue weighted by Crippen LogP contribution is -2.33. The number of aliphatic carboxylic acids is 1. The number of carbonyl (C=O) groups excluding carboxylic acids is 1. The second-order valence-corrected chi connectivity index (χ2v) is 7.37. The van der Waals surface area contributed by atoms with Gasteiger partial charge in [-0.3, -0.25) is 14.5 Å². The van der Waals surface area contributed by atoms with Crippen molar-refractivity contribution in [1.82, 2.24) is 4.90 Å². The molecule has 24 heavy (non-hydrogen) atoms. The minimum absolute atomic E-state index is 0.228. The summed E-state index contributed by atoms with van der Waals surface area (Å²) in [6.07, 6.45) is 1.57. The first-order valence-corrected chi connectivity index (χ1v) is 8.79. The van der Waals surface area contributed by atoms with Crippen molar-refractivity contribution in [2.24, 2.45) is 0 Å². The van der Waals surface area contributed by atoms with E-state index in [4.69, 9.17) is 21.7 Å². The molecular weight excluding hydrogens is 414 g/mol. The Balaban J connectivity index is 1.85. The summed E-state index contributed by atoms with van der Waals surface area (Å²) in [5.41, 5.74) is 0.899. The summed E-state index contributed by atoms with van der Waals surface area (Å²) < 4.78 is 6.89. The lowest BCUT2D eigenvalue weighted by molar-refractivity contribution is -0.140. The fraction of sp³-hybridized carbons (Fsp3) is 0.0625. The van der Waals surface area contributed by atoms with E-state index >= 15 is 0 Å². The van der Waals surface area contributed by atoms with Crippen molar-refractivity contribution in [3.63, 3.8) is 0 Å². The fourth-order valence-corrected chi connectivity index (χ4v) is 3.85. The van der Waals surface area contributed by atoms with Crippen LogP contribution in [0.5, 0.6) is 0 Å². The van der Waals surface area contributed by atoms with E-state index in [0.29, 0.717) is 16.4 Å². The van der Waals surface area contributed by atoms with Crippen molar-refractivity contribution in [3.05, 3.63) is 51.5 Å². The summed E-state index contributed by atoms with van der Waals surface area (Å²) in [7, 11) is 0. The monoisotopic (exact) mass is 423 g/mol. The van der Waals surface area contributed by atoms with Crippen molar-refractivity contribution in [2.75, 3.05) is 6.54 Å². The third-order valence-corrected chi connectivity index (χ3v) is 5.28. The van der Waals surface area contributed by atoms with Crippen LogP contribution in [0.15, 0.2) is 50.2 Å². The molecule has 1 aliphatic heterocycles. The number of amides is 1. The molecule has 1 amide bonds. The Morgan fingerprint density at radius 3 is 2.79 bits per heavy atom. The van der Waals surface area contributed by atoms with Gasteiger partial charge in [0.15, 0.2) is 0 Å². The van der Waals surface area contributed by atoms with Crippen LogP contribution >= 0.6 is 39.9 Å². The van der Waals surface area contributed by atoms with Crippen LogP contribution in [0.4, 0.5) is 0 Å². The molecular formula is C16H10BrNO4S2. The van der Waals surface area contributed by atoms with Crippen molar-refractivity contribution in [1.29, 1.82) is 0 Å². The summed E-state index contributed by atoms with van der Waals surface area (Å²) in [5, 5.41) is 8.84. The van der Waals surface area contributed by atoms with Gasteiger partial charge < -0.3 is 9.52 Å². The molecule has 1 saturated heterocycles. The third-order valence-electron chi connectivity index (χ3n) is 3.21. The van der Waals surface area contributed by atoms with Gasteiger partial charge in [-0.1, -0.05) is 58.1 Å². The molecule has 1 aromatic heterocycles. The molecule has 0 bridgehead atoms. The second kappa shape index (κ2) is 6.92. The van der Waals surface area contributed by atoms with E-state index in [1.54, 1.807) is 12.1 Å². The van der Waals surface area contributed by atoms with Crippen LogP contribution in [0.1, 0.15) is 5.76 Å². The SMILES string of the molecule is O=C(O)CN1C(=O)/C(=C\c2ccc(-c3ccccc3Br)o2)SC1=S. The van der Waals surface area contributed by atoms with Gasteiger partial charge in [-0.25, -0.2) is 0 Å². The summed E-state index contributed by atoms with van der Waals surface area (Å²) >= 11 is 9.58. The molecule has 2 heterocycles. The third kappa shape index (κ3) is 3.45. The number of thioether (sulfide) groups is 1. The number of benzene rings is 1. The quantitative estimate of drug-likeness (QED) is 0.591. The number of carboxylic acid groups (broad SMARTS) is 1. The van der Waals surface area contributed by atoms with E-state index in [0.717, 1.165) is 26.7 Å². The molecule has 8 heteroatoms. The summed E-state index contributed by atoms with van der Waals surface area (Å²) in [6, 6.07) is 11.2. The average molecular weight is 424 g/mol. The Kier molecular flexibility index (Phi) is 4.88. The Morgan fingerprint density at radius 2 is 2.08 bits per heavy atom. The van der Waals surface area contributed by atoms with E-state index in [1.165, 1.54) is 0 Å². The first-order chi connectivity index (χ1) is 11.5. The van der Waals surface area contributed by atoms with Crippen LogP contribution in [0.3, 0.4) is 0 Å². The number of nitrogens with zero attached hydrogens (tertiary/aromatic N) is 1. The number of carboxylic acids is 1. The Labute approximate surface area is 155 Å². The van der Waals surface area contributed by atoms with Gasteiger partial charge in [-0.05, 0) is 18.2 Å². The first-order valence-electron chi connectivity index (χ1n) is 6.77. The summed E-state index contributed by atoms with van der Waals surface area (Å²) in [6.45, 7) is -0.442. The Morgan fingerprint density at radius 1 is 1.33 bits per heavy atom. The molecule has 0 radical (unpaired) electrons. The van der Waals surface area contributed by atoms with Crippen molar-refractivity contribution >= 4 is 62.2 Å². The average Bonchev–Trinajstić information content (AvgIpc) is 3.08. The molecule has 1 N–H and O–H groups in total. The maximum Gasteiger partial charge on any atom is 0.323 e. The van der Waals surface area contributed by atoms with Crippen LogP contribution in [0.2, 0.25) is 0 Å². The minimum atomic E-state index is -1.11. The molecule has 5 nitrogen and oxygen atoms in total. The van der Waals surface area contributed by atoms with Gasteiger partial charge in [-0.2, -0.15) is 0 Å². The number of hydrogen-bond acceptors (Lipinski definition) is 5.